The van der Waals surface area contributed by atoms with Gasteiger partial charge >= 0.3 is 0 Å². The van der Waals surface area contributed by atoms with Gasteiger partial charge in [0.15, 0.2) is 0 Å². The van der Waals surface area contributed by atoms with Crippen LogP contribution in [0.25, 0.3) is 0 Å². The van der Waals surface area contributed by atoms with E-state index >= 15 is 0 Å². The summed E-state index contributed by atoms with van der Waals surface area (Å²) in [5.41, 5.74) is 6.82. The van der Waals surface area contributed by atoms with Gasteiger partial charge in [0, 0.05) is 0 Å². The summed E-state index contributed by atoms with van der Waals surface area (Å²) < 4.78 is 0. The van der Waals surface area contributed by atoms with Crippen molar-refractivity contribution in [1.82, 2.24) is 0 Å². The molecule has 0 saturated heterocycles. The van der Waals surface area contributed by atoms with Gasteiger partial charge in [-0.15, -0.1) is 0 Å². The third-order valence-electron chi connectivity index (χ3n) is 1.55. The SMILES string of the molecule is CC1=C(C#N)SC(N)C=C1C#N. The van der Waals surface area contributed by atoms with Crippen molar-refractivity contribution in [3.05, 3.63) is 22.1 Å². The van der Waals surface area contributed by atoms with Crippen LogP contribution < -0.4 is 5.73 Å². The minimum Gasteiger partial charge on any atom is -0.316 e. The van der Waals surface area contributed by atoms with E-state index in [9.17, 15) is 0 Å². The Labute approximate surface area is 75.2 Å². The molecule has 0 aromatic rings. The largest absolute Gasteiger partial charge is 0.316 e. The fraction of sp³-hybridized carbons (Fsp3) is 0.250. The molecule has 60 valence electrons. The molecule has 1 aliphatic rings. The quantitative estimate of drug-likeness (QED) is 0.604. The topological polar surface area (TPSA) is 73.6 Å². The van der Waals surface area contributed by atoms with E-state index in [-0.39, 0.29) is 5.37 Å². The van der Waals surface area contributed by atoms with E-state index < -0.39 is 0 Å². The van der Waals surface area contributed by atoms with Crippen LogP contribution in [0.4, 0.5) is 0 Å². The van der Waals surface area contributed by atoms with Crippen LogP contribution in [0, 0.1) is 22.7 Å². The molecule has 2 N–H and O–H groups in total. The highest BCUT2D eigenvalue weighted by Gasteiger charge is 2.17. The number of nitrogens with two attached hydrogens (primary N) is 1. The normalized spacial score (nSPS) is 22.7. The highest BCUT2D eigenvalue weighted by molar-refractivity contribution is 8.04. The fourth-order valence-electron chi connectivity index (χ4n) is 0.901. The first-order chi connectivity index (χ1) is 5.69. The number of hydrogen-bond acceptors (Lipinski definition) is 4. The maximum Gasteiger partial charge on any atom is 0.107 e. The van der Waals surface area contributed by atoms with Gasteiger partial charge in [-0.25, -0.2) is 0 Å². The molecule has 0 aliphatic carbocycles. The molecule has 1 aliphatic heterocycles. The van der Waals surface area contributed by atoms with Crippen LogP contribution in [0.15, 0.2) is 22.1 Å². The van der Waals surface area contributed by atoms with Gasteiger partial charge < -0.3 is 5.73 Å². The van der Waals surface area contributed by atoms with Gasteiger partial charge in [-0.05, 0) is 18.6 Å². The second-order valence-electron chi connectivity index (χ2n) is 2.34. The van der Waals surface area contributed by atoms with Crippen molar-refractivity contribution in [3.63, 3.8) is 0 Å². The van der Waals surface area contributed by atoms with Gasteiger partial charge in [-0.1, -0.05) is 11.8 Å². The summed E-state index contributed by atoms with van der Waals surface area (Å²) in [4.78, 5) is 0.543. The Morgan fingerprint density at radius 2 is 2.17 bits per heavy atom. The molecule has 0 fully saturated rings. The Morgan fingerprint density at radius 3 is 2.67 bits per heavy atom. The minimum atomic E-state index is -0.266. The lowest BCUT2D eigenvalue weighted by Gasteiger charge is -2.14. The Hall–Kier alpha value is -1.23. The lowest BCUT2D eigenvalue weighted by molar-refractivity contribution is 1.13. The first-order valence-electron chi connectivity index (χ1n) is 3.34. The van der Waals surface area contributed by atoms with Crippen LogP contribution in [0.3, 0.4) is 0 Å². The molecule has 0 spiro atoms. The van der Waals surface area contributed by atoms with Crippen LogP contribution in [0.1, 0.15) is 6.92 Å². The molecule has 1 heterocycles. The summed E-state index contributed by atoms with van der Waals surface area (Å²) in [7, 11) is 0. The lowest BCUT2D eigenvalue weighted by atomic mass is 10.1. The van der Waals surface area contributed by atoms with Gasteiger partial charge in [0.1, 0.15) is 6.07 Å². The number of rotatable bonds is 0. The van der Waals surface area contributed by atoms with Gasteiger partial charge in [0.05, 0.1) is 21.9 Å². The third-order valence-corrected chi connectivity index (χ3v) is 2.59. The molecular formula is C8H7N3S. The maximum atomic E-state index is 8.67. The predicted octanol–water partition coefficient (Wildman–Crippen LogP) is 1.27. The highest BCUT2D eigenvalue weighted by Crippen LogP contribution is 2.31. The van der Waals surface area contributed by atoms with Gasteiger partial charge in [0.25, 0.3) is 0 Å². The number of allylic oxidation sites excluding steroid dienone is 3. The average Bonchev–Trinajstić information content (AvgIpc) is 2.08. The Morgan fingerprint density at radius 1 is 1.50 bits per heavy atom. The zero-order valence-electron chi connectivity index (χ0n) is 6.53. The van der Waals surface area contributed by atoms with Crippen LogP contribution in [-0.4, -0.2) is 5.37 Å². The monoisotopic (exact) mass is 177 g/mol. The van der Waals surface area contributed by atoms with Gasteiger partial charge in [-0.3, -0.25) is 0 Å². The molecule has 0 radical (unpaired) electrons. The van der Waals surface area contributed by atoms with Crippen molar-refractivity contribution in [2.45, 2.75) is 12.3 Å². The summed E-state index contributed by atoms with van der Waals surface area (Å²) in [5.74, 6) is 0. The summed E-state index contributed by atoms with van der Waals surface area (Å²) >= 11 is 1.28. The van der Waals surface area contributed by atoms with Crippen molar-refractivity contribution >= 4 is 11.8 Å². The zero-order chi connectivity index (χ0) is 9.14. The highest BCUT2D eigenvalue weighted by atomic mass is 32.2. The van der Waals surface area contributed by atoms with Gasteiger partial charge in [0.2, 0.25) is 0 Å². The van der Waals surface area contributed by atoms with Crippen molar-refractivity contribution in [3.8, 4) is 12.1 Å². The second kappa shape index (κ2) is 3.44. The first-order valence-corrected chi connectivity index (χ1v) is 4.22. The van der Waals surface area contributed by atoms with Crippen LogP contribution in [0.2, 0.25) is 0 Å². The van der Waals surface area contributed by atoms with E-state index in [1.54, 1.807) is 13.0 Å². The van der Waals surface area contributed by atoms with E-state index in [0.717, 1.165) is 5.57 Å². The van der Waals surface area contributed by atoms with Crippen LogP contribution >= 0.6 is 11.8 Å². The van der Waals surface area contributed by atoms with Crippen molar-refractivity contribution in [1.29, 1.82) is 10.5 Å². The summed E-state index contributed by atoms with van der Waals surface area (Å²) in [5, 5.41) is 17.1. The lowest BCUT2D eigenvalue weighted by Crippen LogP contribution is -2.16. The molecule has 0 saturated carbocycles. The van der Waals surface area contributed by atoms with E-state index in [1.807, 2.05) is 12.1 Å². The zero-order valence-corrected chi connectivity index (χ0v) is 7.35. The van der Waals surface area contributed by atoms with Crippen molar-refractivity contribution in [2.24, 2.45) is 5.73 Å². The average molecular weight is 177 g/mol. The molecule has 4 heteroatoms. The molecule has 12 heavy (non-hydrogen) atoms. The molecule has 0 aromatic heterocycles. The molecule has 0 bridgehead atoms. The first kappa shape index (κ1) is 8.86. The summed E-state index contributed by atoms with van der Waals surface area (Å²) in [6, 6.07) is 4.03. The predicted molar refractivity (Wildman–Crippen MR) is 47.6 cm³/mol. The number of hydrogen-bond donors (Lipinski definition) is 1. The summed E-state index contributed by atoms with van der Waals surface area (Å²) in [6.07, 6.45) is 1.67. The molecule has 1 atom stereocenters. The Bertz CT molecular complexity index is 340. The molecule has 1 rings (SSSR count). The van der Waals surface area contributed by atoms with Crippen molar-refractivity contribution < 1.29 is 0 Å². The Kier molecular flexibility index (Phi) is 2.54. The summed E-state index contributed by atoms with van der Waals surface area (Å²) in [6.45, 7) is 1.76. The second-order valence-corrected chi connectivity index (χ2v) is 3.53. The van der Waals surface area contributed by atoms with E-state index in [0.29, 0.717) is 10.5 Å². The van der Waals surface area contributed by atoms with Crippen LogP contribution in [0.5, 0.6) is 0 Å². The molecule has 0 aromatic carbocycles. The number of nitrogens with zero attached hydrogens (tertiary/aromatic N) is 2. The Balaban J connectivity index is 3.12. The minimum absolute atomic E-state index is 0.266. The fourth-order valence-corrected chi connectivity index (χ4v) is 1.72. The maximum absolute atomic E-state index is 8.67. The molecule has 3 nitrogen and oxygen atoms in total. The van der Waals surface area contributed by atoms with Gasteiger partial charge in [-0.2, -0.15) is 10.5 Å². The van der Waals surface area contributed by atoms with E-state index in [1.165, 1.54) is 11.8 Å². The smallest absolute Gasteiger partial charge is 0.107 e. The third kappa shape index (κ3) is 1.50. The number of nitriles is 2. The van der Waals surface area contributed by atoms with Crippen molar-refractivity contribution in [2.75, 3.05) is 0 Å². The number of thioether (sulfide) groups is 1. The molecule has 1 unspecified atom stereocenters. The molecule has 0 amide bonds. The van der Waals surface area contributed by atoms with E-state index in [2.05, 4.69) is 0 Å². The van der Waals surface area contributed by atoms with E-state index in [4.69, 9.17) is 16.3 Å². The van der Waals surface area contributed by atoms with Crippen LogP contribution in [-0.2, 0) is 0 Å². The molecular weight excluding hydrogens is 170 g/mol. The standard InChI is InChI=1S/C8H7N3S/c1-5-6(3-9)2-8(11)12-7(5)4-10/h2,8H,11H2,1H3.